The highest BCUT2D eigenvalue weighted by Gasteiger charge is 2.30. The summed E-state index contributed by atoms with van der Waals surface area (Å²) in [6, 6.07) is 6.17. The van der Waals surface area contributed by atoms with Crippen molar-refractivity contribution >= 4 is 5.57 Å². The van der Waals surface area contributed by atoms with E-state index in [0.29, 0.717) is 23.4 Å². The zero-order valence-electron chi connectivity index (χ0n) is 9.47. The van der Waals surface area contributed by atoms with E-state index in [2.05, 4.69) is 16.7 Å². The highest BCUT2D eigenvalue weighted by molar-refractivity contribution is 5.62. The van der Waals surface area contributed by atoms with Crippen LogP contribution < -0.4 is 0 Å². The van der Waals surface area contributed by atoms with E-state index in [1.165, 1.54) is 12.4 Å². The average Bonchev–Trinajstić information content (AvgIpc) is 2.94. The van der Waals surface area contributed by atoms with E-state index in [4.69, 9.17) is 5.26 Å². The second-order valence-electron chi connectivity index (χ2n) is 4.20. The molecule has 1 aromatic heterocycles. The van der Waals surface area contributed by atoms with Gasteiger partial charge in [-0.1, -0.05) is 12.6 Å². The molecule has 0 amide bonds. The maximum absolute atomic E-state index is 14.0. The summed E-state index contributed by atoms with van der Waals surface area (Å²) in [5, 5.41) is 12.8. The molecule has 0 saturated carbocycles. The van der Waals surface area contributed by atoms with Gasteiger partial charge in [-0.2, -0.15) is 10.4 Å². The maximum Gasteiger partial charge on any atom is 0.154 e. The molecule has 5 heteroatoms. The molecule has 1 aliphatic rings. The van der Waals surface area contributed by atoms with Crippen molar-refractivity contribution in [2.24, 2.45) is 0 Å². The largest absolute Gasteiger partial charge is 0.238 e. The monoisotopic (exact) mass is 240 g/mol. The van der Waals surface area contributed by atoms with E-state index in [9.17, 15) is 4.39 Å². The highest BCUT2D eigenvalue weighted by Crippen LogP contribution is 2.37. The van der Waals surface area contributed by atoms with E-state index in [1.54, 1.807) is 16.8 Å². The van der Waals surface area contributed by atoms with Crippen molar-refractivity contribution in [2.45, 2.75) is 12.5 Å². The molecule has 0 spiro atoms. The van der Waals surface area contributed by atoms with E-state index >= 15 is 0 Å². The highest BCUT2D eigenvalue weighted by atomic mass is 19.1. The first kappa shape index (κ1) is 10.7. The molecule has 0 bridgehead atoms. The fourth-order valence-corrected chi connectivity index (χ4v) is 2.25. The Kier molecular flexibility index (Phi) is 2.23. The molecular formula is C13H9FN4. The van der Waals surface area contributed by atoms with Gasteiger partial charge in [0.05, 0.1) is 17.7 Å². The second-order valence-corrected chi connectivity index (χ2v) is 4.20. The lowest BCUT2D eigenvalue weighted by Gasteiger charge is -2.12. The van der Waals surface area contributed by atoms with Crippen molar-refractivity contribution < 1.29 is 4.39 Å². The van der Waals surface area contributed by atoms with Crippen LogP contribution in [0.4, 0.5) is 4.39 Å². The molecule has 1 aliphatic heterocycles. The third kappa shape index (κ3) is 1.43. The topological polar surface area (TPSA) is 54.5 Å². The SMILES string of the molecule is C=C1CC(c2ccc(C#N)cc2F)n2ncnc21. The maximum atomic E-state index is 14.0. The van der Waals surface area contributed by atoms with Gasteiger partial charge in [0, 0.05) is 12.0 Å². The lowest BCUT2D eigenvalue weighted by atomic mass is 10.0. The molecule has 0 N–H and O–H groups in total. The Morgan fingerprint density at radius 1 is 1.50 bits per heavy atom. The molecule has 0 saturated heterocycles. The first-order valence-corrected chi connectivity index (χ1v) is 5.48. The summed E-state index contributed by atoms with van der Waals surface area (Å²) in [5.74, 6) is 0.305. The number of fused-ring (bicyclic) bond motifs is 1. The molecular weight excluding hydrogens is 231 g/mol. The molecule has 0 radical (unpaired) electrons. The summed E-state index contributed by atoms with van der Waals surface area (Å²) in [5.41, 5.74) is 1.67. The number of aromatic nitrogens is 3. The Balaban J connectivity index is 2.09. The minimum atomic E-state index is -0.393. The summed E-state index contributed by atoms with van der Waals surface area (Å²) in [7, 11) is 0. The van der Waals surface area contributed by atoms with Gasteiger partial charge in [0.25, 0.3) is 0 Å². The van der Waals surface area contributed by atoms with E-state index in [0.717, 1.165) is 5.57 Å². The normalized spacial score (nSPS) is 17.6. The lowest BCUT2D eigenvalue weighted by Crippen LogP contribution is -2.09. The van der Waals surface area contributed by atoms with Crippen LogP contribution in [-0.4, -0.2) is 14.8 Å². The number of allylic oxidation sites excluding steroid dienone is 1. The van der Waals surface area contributed by atoms with Crippen LogP contribution in [0.15, 0.2) is 31.1 Å². The molecule has 88 valence electrons. The van der Waals surface area contributed by atoms with Crippen LogP contribution in [0.2, 0.25) is 0 Å². The van der Waals surface area contributed by atoms with Gasteiger partial charge in [-0.3, -0.25) is 0 Å². The summed E-state index contributed by atoms with van der Waals surface area (Å²) in [4.78, 5) is 4.09. The Labute approximate surface area is 103 Å². The fourth-order valence-electron chi connectivity index (χ4n) is 2.25. The quantitative estimate of drug-likeness (QED) is 0.768. The van der Waals surface area contributed by atoms with Gasteiger partial charge < -0.3 is 0 Å². The summed E-state index contributed by atoms with van der Waals surface area (Å²) in [6.07, 6.45) is 2.03. The first-order valence-electron chi connectivity index (χ1n) is 5.48. The third-order valence-corrected chi connectivity index (χ3v) is 3.11. The van der Waals surface area contributed by atoms with Crippen LogP contribution in [0, 0.1) is 17.1 Å². The summed E-state index contributed by atoms with van der Waals surface area (Å²) in [6.45, 7) is 3.91. The van der Waals surface area contributed by atoms with Gasteiger partial charge in [-0.15, -0.1) is 0 Å². The van der Waals surface area contributed by atoms with Crippen molar-refractivity contribution in [2.75, 3.05) is 0 Å². The van der Waals surface area contributed by atoms with E-state index in [1.807, 2.05) is 6.07 Å². The molecule has 1 aromatic carbocycles. The average molecular weight is 240 g/mol. The van der Waals surface area contributed by atoms with Gasteiger partial charge in [-0.05, 0) is 17.7 Å². The zero-order valence-corrected chi connectivity index (χ0v) is 9.47. The van der Waals surface area contributed by atoms with E-state index in [-0.39, 0.29) is 6.04 Å². The van der Waals surface area contributed by atoms with Crippen LogP contribution in [0.1, 0.15) is 29.4 Å². The minimum absolute atomic E-state index is 0.220. The van der Waals surface area contributed by atoms with Crippen LogP contribution in [0.25, 0.3) is 5.57 Å². The van der Waals surface area contributed by atoms with Gasteiger partial charge in [0.1, 0.15) is 12.1 Å². The Bertz CT molecular complexity index is 681. The number of hydrogen-bond donors (Lipinski definition) is 0. The van der Waals surface area contributed by atoms with Crippen molar-refractivity contribution in [3.8, 4) is 6.07 Å². The number of benzene rings is 1. The molecule has 1 atom stereocenters. The Hall–Kier alpha value is -2.48. The number of rotatable bonds is 1. The first-order chi connectivity index (χ1) is 8.70. The molecule has 0 aliphatic carbocycles. The number of halogens is 1. The van der Waals surface area contributed by atoms with Crippen LogP contribution in [0.5, 0.6) is 0 Å². The van der Waals surface area contributed by atoms with Crippen molar-refractivity contribution in [3.05, 3.63) is 53.9 Å². The number of nitriles is 1. The molecule has 18 heavy (non-hydrogen) atoms. The Morgan fingerprint density at radius 3 is 3.06 bits per heavy atom. The third-order valence-electron chi connectivity index (χ3n) is 3.11. The summed E-state index contributed by atoms with van der Waals surface area (Å²) < 4.78 is 15.6. The number of hydrogen-bond acceptors (Lipinski definition) is 3. The molecule has 3 rings (SSSR count). The fraction of sp³-hybridized carbons (Fsp3) is 0.154. The predicted octanol–water partition coefficient (Wildman–Crippen LogP) is 2.30. The van der Waals surface area contributed by atoms with Gasteiger partial charge in [0.15, 0.2) is 5.82 Å². The van der Waals surface area contributed by atoms with Crippen molar-refractivity contribution in [1.82, 2.24) is 14.8 Å². The van der Waals surface area contributed by atoms with E-state index < -0.39 is 5.82 Å². The minimum Gasteiger partial charge on any atom is -0.238 e. The van der Waals surface area contributed by atoms with Crippen LogP contribution in [-0.2, 0) is 0 Å². The predicted molar refractivity (Wildman–Crippen MR) is 62.9 cm³/mol. The molecule has 0 fully saturated rings. The van der Waals surface area contributed by atoms with Crippen LogP contribution in [0.3, 0.4) is 0 Å². The van der Waals surface area contributed by atoms with Gasteiger partial charge in [0.2, 0.25) is 0 Å². The van der Waals surface area contributed by atoms with Gasteiger partial charge >= 0.3 is 0 Å². The molecule has 1 unspecified atom stereocenters. The molecule has 4 nitrogen and oxygen atoms in total. The Morgan fingerprint density at radius 2 is 2.33 bits per heavy atom. The molecule has 2 heterocycles. The zero-order chi connectivity index (χ0) is 12.7. The summed E-state index contributed by atoms with van der Waals surface area (Å²) >= 11 is 0. The standard InChI is InChI=1S/C13H9FN4/c1-8-4-12(18-13(8)16-7-17-18)10-3-2-9(6-15)5-11(10)14/h2-3,5,7,12H,1,4H2. The smallest absolute Gasteiger partial charge is 0.154 e. The lowest BCUT2D eigenvalue weighted by molar-refractivity contribution is 0.519. The van der Waals surface area contributed by atoms with Crippen molar-refractivity contribution in [1.29, 1.82) is 5.26 Å². The second kappa shape index (κ2) is 3.77. The van der Waals surface area contributed by atoms with Crippen molar-refractivity contribution in [3.63, 3.8) is 0 Å². The van der Waals surface area contributed by atoms with Crippen LogP contribution >= 0.6 is 0 Å². The number of nitrogens with zero attached hydrogens (tertiary/aromatic N) is 4. The van der Waals surface area contributed by atoms with Gasteiger partial charge in [-0.25, -0.2) is 14.1 Å². The molecule has 2 aromatic rings.